The van der Waals surface area contributed by atoms with Gasteiger partial charge in [-0.3, -0.25) is 4.79 Å². The second-order valence-electron chi connectivity index (χ2n) is 16.2. The average Bonchev–Trinajstić information content (AvgIpc) is 3.25. The molecule has 0 bridgehead atoms. The van der Waals surface area contributed by atoms with Crippen LogP contribution < -0.4 is 0 Å². The van der Waals surface area contributed by atoms with Crippen LogP contribution in [-0.4, -0.2) is 89.6 Å². The number of carbonyl (C=O) groups is 1. The average molecular weight is 845 g/mol. The minimum Gasteiger partial charge on any atom is -0.457 e. The van der Waals surface area contributed by atoms with E-state index in [-0.39, 0.29) is 19.2 Å². The van der Waals surface area contributed by atoms with Gasteiger partial charge in [-0.1, -0.05) is 164 Å². The highest BCUT2D eigenvalue weighted by Gasteiger charge is 2.44. The second kappa shape index (κ2) is 42.0. The topological polar surface area (TPSA) is 135 Å². The third-order valence-corrected chi connectivity index (χ3v) is 10.6. The molecule has 0 amide bonds. The van der Waals surface area contributed by atoms with E-state index in [0.29, 0.717) is 13.0 Å². The Morgan fingerprint density at radius 3 is 1.53 bits per heavy atom. The van der Waals surface area contributed by atoms with E-state index >= 15 is 0 Å². The molecule has 60 heavy (non-hydrogen) atoms. The maximum atomic E-state index is 12.8. The van der Waals surface area contributed by atoms with Crippen LogP contribution in [0.5, 0.6) is 0 Å². The molecule has 1 rings (SSSR count). The Morgan fingerprint density at radius 2 is 1.02 bits per heavy atom. The number of rotatable bonds is 40. The maximum Gasteiger partial charge on any atom is 0.306 e. The van der Waals surface area contributed by atoms with Gasteiger partial charge in [0, 0.05) is 13.0 Å². The molecule has 6 unspecified atom stereocenters. The highest BCUT2D eigenvalue weighted by molar-refractivity contribution is 5.69. The highest BCUT2D eigenvalue weighted by Crippen LogP contribution is 2.22. The van der Waals surface area contributed by atoms with Crippen molar-refractivity contribution in [2.45, 2.75) is 218 Å². The number of hydrogen-bond donors (Lipinski definition) is 4. The van der Waals surface area contributed by atoms with Crippen LogP contribution >= 0.6 is 0 Å². The van der Waals surface area contributed by atoms with Gasteiger partial charge in [0.1, 0.15) is 30.5 Å². The quantitative estimate of drug-likeness (QED) is 0.0270. The number of aliphatic hydroxyl groups is 4. The summed E-state index contributed by atoms with van der Waals surface area (Å²) in [6.45, 7) is 4.38. The summed E-state index contributed by atoms with van der Waals surface area (Å²) in [5.41, 5.74) is 0. The molecule has 9 nitrogen and oxygen atoms in total. The Kier molecular flexibility index (Phi) is 38.9. The maximum absolute atomic E-state index is 12.8. The Balaban J connectivity index is 2.25. The Labute approximate surface area is 366 Å². The van der Waals surface area contributed by atoms with Crippen LogP contribution in [0.25, 0.3) is 0 Å². The van der Waals surface area contributed by atoms with Crippen molar-refractivity contribution in [1.29, 1.82) is 0 Å². The van der Waals surface area contributed by atoms with Crippen molar-refractivity contribution in [3.8, 4) is 0 Å². The predicted octanol–water partition coefficient (Wildman–Crippen LogP) is 11.3. The van der Waals surface area contributed by atoms with Crippen LogP contribution in [0.3, 0.4) is 0 Å². The molecule has 4 N–H and O–H groups in total. The molecule has 0 aromatic heterocycles. The fourth-order valence-electron chi connectivity index (χ4n) is 6.87. The van der Waals surface area contributed by atoms with E-state index in [0.717, 1.165) is 89.9 Å². The zero-order chi connectivity index (χ0) is 43.6. The molecule has 1 aliphatic heterocycles. The zero-order valence-corrected chi connectivity index (χ0v) is 37.9. The van der Waals surface area contributed by atoms with E-state index in [1.54, 1.807) is 0 Å². The van der Waals surface area contributed by atoms with Gasteiger partial charge in [-0.05, 0) is 83.5 Å². The molecule has 1 aliphatic rings. The summed E-state index contributed by atoms with van der Waals surface area (Å²) in [6.07, 6.45) is 47.8. The zero-order valence-electron chi connectivity index (χ0n) is 37.9. The smallest absolute Gasteiger partial charge is 0.306 e. The molecular formula is C51H88O9. The van der Waals surface area contributed by atoms with E-state index < -0.39 is 43.4 Å². The molecule has 0 aromatic carbocycles. The third-order valence-electron chi connectivity index (χ3n) is 10.6. The number of aliphatic hydroxyl groups excluding tert-OH is 4. The van der Waals surface area contributed by atoms with Crippen molar-refractivity contribution >= 4 is 5.97 Å². The predicted molar refractivity (Wildman–Crippen MR) is 247 cm³/mol. The SMILES string of the molecule is CC/C=C\C/C=C\C/C=C\C/C=C\CCCCCCCCCCC(=O)OC(COCCCCCCCC/C=C\C/C=C\CCCCC)COC1OC(CO)C(O)C(O)C1O. The van der Waals surface area contributed by atoms with Gasteiger partial charge in [-0.25, -0.2) is 0 Å². The minimum atomic E-state index is -1.54. The minimum absolute atomic E-state index is 0.125. The fourth-order valence-corrected chi connectivity index (χ4v) is 6.87. The van der Waals surface area contributed by atoms with Crippen molar-refractivity contribution in [3.05, 3.63) is 72.9 Å². The summed E-state index contributed by atoms with van der Waals surface area (Å²) in [4.78, 5) is 12.8. The first-order chi connectivity index (χ1) is 29.4. The molecule has 0 aliphatic carbocycles. The van der Waals surface area contributed by atoms with Gasteiger partial charge in [0.05, 0.1) is 19.8 Å². The summed E-state index contributed by atoms with van der Waals surface area (Å²) >= 11 is 0. The highest BCUT2D eigenvalue weighted by atomic mass is 16.7. The monoisotopic (exact) mass is 845 g/mol. The van der Waals surface area contributed by atoms with Crippen LogP contribution in [0.4, 0.5) is 0 Å². The van der Waals surface area contributed by atoms with E-state index in [1.165, 1.54) is 70.6 Å². The molecule has 346 valence electrons. The van der Waals surface area contributed by atoms with Crippen molar-refractivity contribution in [1.82, 2.24) is 0 Å². The van der Waals surface area contributed by atoms with Gasteiger partial charge in [0.25, 0.3) is 0 Å². The first kappa shape index (κ1) is 55.6. The van der Waals surface area contributed by atoms with Crippen LogP contribution in [-0.2, 0) is 23.7 Å². The normalized spacial score (nSPS) is 20.7. The van der Waals surface area contributed by atoms with Gasteiger partial charge in [0.2, 0.25) is 0 Å². The fraction of sp³-hybridized carbons (Fsp3) is 0.745. The number of carbonyl (C=O) groups excluding carboxylic acids is 1. The Bertz CT molecular complexity index is 1140. The number of allylic oxidation sites excluding steroid dienone is 12. The van der Waals surface area contributed by atoms with Crippen molar-refractivity contribution in [3.63, 3.8) is 0 Å². The second-order valence-corrected chi connectivity index (χ2v) is 16.2. The number of esters is 1. The van der Waals surface area contributed by atoms with Gasteiger partial charge >= 0.3 is 5.97 Å². The van der Waals surface area contributed by atoms with Crippen molar-refractivity contribution in [2.24, 2.45) is 0 Å². The molecule has 1 fully saturated rings. The lowest BCUT2D eigenvalue weighted by atomic mass is 9.99. The number of hydrogen-bond acceptors (Lipinski definition) is 9. The van der Waals surface area contributed by atoms with Gasteiger partial charge in [-0.2, -0.15) is 0 Å². The van der Waals surface area contributed by atoms with Crippen LogP contribution in [0.1, 0.15) is 181 Å². The molecule has 1 saturated heterocycles. The Morgan fingerprint density at radius 1 is 0.550 bits per heavy atom. The summed E-state index contributed by atoms with van der Waals surface area (Å²) in [5, 5.41) is 40.2. The van der Waals surface area contributed by atoms with E-state index in [9.17, 15) is 25.2 Å². The number of unbranched alkanes of at least 4 members (excludes halogenated alkanes) is 17. The molecule has 6 atom stereocenters. The molecular weight excluding hydrogens is 757 g/mol. The molecule has 0 radical (unpaired) electrons. The lowest BCUT2D eigenvalue weighted by molar-refractivity contribution is -0.305. The molecule has 0 aromatic rings. The van der Waals surface area contributed by atoms with Gasteiger partial charge in [0.15, 0.2) is 6.29 Å². The first-order valence-corrected chi connectivity index (χ1v) is 24.0. The summed E-state index contributed by atoms with van der Waals surface area (Å²) in [6, 6.07) is 0. The molecule has 9 heteroatoms. The van der Waals surface area contributed by atoms with Crippen molar-refractivity contribution < 1.29 is 44.2 Å². The lowest BCUT2D eigenvalue weighted by Crippen LogP contribution is -2.59. The Hall–Kier alpha value is -2.37. The van der Waals surface area contributed by atoms with Crippen molar-refractivity contribution in [2.75, 3.05) is 26.4 Å². The number of ether oxygens (including phenoxy) is 4. The largest absolute Gasteiger partial charge is 0.457 e. The van der Waals surface area contributed by atoms with Gasteiger partial charge < -0.3 is 39.4 Å². The van der Waals surface area contributed by atoms with Gasteiger partial charge in [-0.15, -0.1) is 0 Å². The lowest BCUT2D eigenvalue weighted by Gasteiger charge is -2.39. The molecule has 0 saturated carbocycles. The summed E-state index contributed by atoms with van der Waals surface area (Å²) in [7, 11) is 0. The summed E-state index contributed by atoms with van der Waals surface area (Å²) in [5.74, 6) is -0.328. The van der Waals surface area contributed by atoms with E-state index in [4.69, 9.17) is 18.9 Å². The van der Waals surface area contributed by atoms with Crippen LogP contribution in [0, 0.1) is 0 Å². The van der Waals surface area contributed by atoms with Crippen LogP contribution in [0.2, 0.25) is 0 Å². The standard InChI is InChI=1S/C51H88O9/c1-3-5-7-9-11-13-15-17-19-21-22-23-24-25-26-28-30-32-34-36-38-40-47(53)59-45(44-58-51-50(56)49(55)48(54)46(42-52)60-51)43-57-41-39-37-35-33-31-29-27-20-18-16-14-12-10-8-6-4-2/h5,7,11-14,17-20,22-23,45-46,48-52,54-56H,3-4,6,8-10,15-16,21,24-44H2,1-2H3/b7-5-,13-11-,14-12-,19-17-,20-18-,23-22-. The molecule has 0 spiro atoms. The molecule has 1 heterocycles. The summed E-state index contributed by atoms with van der Waals surface area (Å²) < 4.78 is 22.8. The van der Waals surface area contributed by atoms with E-state index in [1.807, 2.05) is 0 Å². The van der Waals surface area contributed by atoms with Crippen LogP contribution in [0.15, 0.2) is 72.9 Å². The third kappa shape index (κ3) is 32.4. The van der Waals surface area contributed by atoms with E-state index in [2.05, 4.69) is 86.8 Å². The first-order valence-electron chi connectivity index (χ1n) is 24.0.